The van der Waals surface area contributed by atoms with Crippen molar-refractivity contribution in [2.24, 2.45) is 11.8 Å². The molecule has 0 unspecified atom stereocenters. The molecule has 7 nitrogen and oxygen atoms in total. The van der Waals surface area contributed by atoms with Gasteiger partial charge in [-0.3, -0.25) is 0 Å². The Morgan fingerprint density at radius 1 is 0.971 bits per heavy atom. The highest BCUT2D eigenvalue weighted by atomic mass is 32.2. The van der Waals surface area contributed by atoms with Gasteiger partial charge in [-0.15, -0.1) is 10.2 Å². The lowest BCUT2D eigenvalue weighted by atomic mass is 10.0. The summed E-state index contributed by atoms with van der Waals surface area (Å²) in [6.45, 7) is 2.93. The molecule has 3 fully saturated rings. The molecule has 184 valence electrons. The van der Waals surface area contributed by atoms with Crippen LogP contribution in [0, 0.1) is 23.5 Å². The lowest BCUT2D eigenvalue weighted by molar-refractivity contribution is 0.281. The van der Waals surface area contributed by atoms with Crippen LogP contribution < -0.4 is 4.90 Å². The summed E-state index contributed by atoms with van der Waals surface area (Å²) in [5, 5.41) is 7.04. The molecule has 2 saturated heterocycles. The van der Waals surface area contributed by atoms with Crippen LogP contribution in [0.3, 0.4) is 0 Å². The van der Waals surface area contributed by atoms with E-state index in [-0.39, 0.29) is 24.3 Å². The highest BCUT2D eigenvalue weighted by molar-refractivity contribution is 7.89. The van der Waals surface area contributed by atoms with Crippen molar-refractivity contribution in [2.75, 3.05) is 18.0 Å². The van der Waals surface area contributed by atoms with Gasteiger partial charge in [-0.25, -0.2) is 17.2 Å². The number of benzene rings is 2. The molecule has 1 aromatic heterocycles. The summed E-state index contributed by atoms with van der Waals surface area (Å²) in [5.74, 6) is -0.662. The minimum atomic E-state index is -3.68. The van der Waals surface area contributed by atoms with E-state index in [9.17, 15) is 8.42 Å². The molecule has 3 aromatic rings. The SMILES string of the molecule is C[C@H]1CC[C@@H](c2ccccc2)S(=O)(=O)N1Cc1cc(F)c(N2C[C@@H]3[C@H](C2)[C@H]3n2cnnc2)c(F)c1. The highest BCUT2D eigenvalue weighted by Crippen LogP contribution is 2.56. The van der Waals surface area contributed by atoms with E-state index in [1.165, 1.54) is 16.4 Å². The first kappa shape index (κ1) is 22.6. The normalized spacial score (nSPS) is 29.8. The number of anilines is 1. The summed E-state index contributed by atoms with van der Waals surface area (Å²) >= 11 is 0. The lowest BCUT2D eigenvalue weighted by Gasteiger charge is -2.37. The maximum Gasteiger partial charge on any atom is 0.221 e. The third-order valence-corrected chi connectivity index (χ3v) is 10.2. The molecule has 3 aliphatic rings. The molecular weight excluding hydrogens is 472 g/mol. The number of hydrogen-bond acceptors (Lipinski definition) is 5. The number of piperidine rings is 1. The Hall–Kier alpha value is -2.85. The minimum Gasteiger partial charge on any atom is -0.366 e. The molecule has 2 aliphatic heterocycles. The minimum absolute atomic E-state index is 0.0276. The van der Waals surface area contributed by atoms with Crippen LogP contribution in [-0.4, -0.2) is 46.6 Å². The standard InChI is InChI=1S/C25H27F2N5O2S/c1-16-7-8-23(18-5-3-2-4-6-18)35(33,34)32(16)11-17-9-21(26)25(22(27)10-17)30-12-19-20(13-30)24(19)31-14-28-29-15-31/h2-6,9-10,14-16,19-20,23-24H,7-8,11-13H2,1H3/t16-,19-,20+,23-,24+/m0/s1. The predicted octanol–water partition coefficient (Wildman–Crippen LogP) is 3.92. The maximum absolute atomic E-state index is 15.2. The Kier molecular flexibility index (Phi) is 5.41. The van der Waals surface area contributed by atoms with Crippen molar-refractivity contribution in [2.45, 2.75) is 43.6 Å². The molecule has 6 rings (SSSR count). The van der Waals surface area contributed by atoms with E-state index < -0.39 is 26.9 Å². The van der Waals surface area contributed by atoms with E-state index in [4.69, 9.17) is 0 Å². The lowest BCUT2D eigenvalue weighted by Crippen LogP contribution is -2.44. The van der Waals surface area contributed by atoms with Crippen molar-refractivity contribution in [1.29, 1.82) is 0 Å². The fourth-order valence-electron chi connectivity index (χ4n) is 6.03. The molecule has 0 bridgehead atoms. The van der Waals surface area contributed by atoms with Gasteiger partial charge in [0.2, 0.25) is 10.0 Å². The second kappa shape index (κ2) is 8.37. The Morgan fingerprint density at radius 2 is 1.60 bits per heavy atom. The van der Waals surface area contributed by atoms with Gasteiger partial charge in [-0.2, -0.15) is 4.31 Å². The number of sulfonamides is 1. The van der Waals surface area contributed by atoms with Crippen LogP contribution in [0.15, 0.2) is 55.1 Å². The molecule has 0 amide bonds. The number of hydrogen-bond donors (Lipinski definition) is 0. The first-order valence-corrected chi connectivity index (χ1v) is 13.5. The average Bonchev–Trinajstić information content (AvgIpc) is 3.19. The first-order valence-electron chi connectivity index (χ1n) is 12.0. The Balaban J connectivity index is 1.20. The van der Waals surface area contributed by atoms with Crippen LogP contribution in [0.4, 0.5) is 14.5 Å². The monoisotopic (exact) mass is 499 g/mol. The van der Waals surface area contributed by atoms with E-state index in [2.05, 4.69) is 10.2 Å². The summed E-state index contributed by atoms with van der Waals surface area (Å²) in [7, 11) is -3.68. The van der Waals surface area contributed by atoms with Gasteiger partial charge in [0.15, 0.2) is 0 Å². The quantitative estimate of drug-likeness (QED) is 0.532. The number of aromatic nitrogens is 3. The molecule has 2 aromatic carbocycles. The molecule has 1 aliphatic carbocycles. The number of nitrogens with zero attached hydrogens (tertiary/aromatic N) is 5. The summed E-state index contributed by atoms with van der Waals surface area (Å²) in [6.07, 6.45) is 4.58. The van der Waals surface area contributed by atoms with Crippen LogP contribution in [0.2, 0.25) is 0 Å². The Morgan fingerprint density at radius 3 is 2.23 bits per heavy atom. The fourth-order valence-corrected chi connectivity index (χ4v) is 8.22. The number of halogens is 2. The molecule has 3 heterocycles. The van der Waals surface area contributed by atoms with Crippen molar-refractivity contribution in [3.63, 3.8) is 0 Å². The van der Waals surface area contributed by atoms with Crippen LogP contribution in [0.5, 0.6) is 0 Å². The zero-order chi connectivity index (χ0) is 24.3. The van der Waals surface area contributed by atoms with Crippen LogP contribution in [0.25, 0.3) is 0 Å². The van der Waals surface area contributed by atoms with Crippen molar-refractivity contribution in [3.8, 4) is 0 Å². The molecule has 10 heteroatoms. The second-order valence-corrected chi connectivity index (χ2v) is 12.0. The molecule has 5 atom stereocenters. The van der Waals surface area contributed by atoms with E-state index in [1.54, 1.807) is 17.6 Å². The average molecular weight is 500 g/mol. The second-order valence-electron chi connectivity index (χ2n) is 9.96. The van der Waals surface area contributed by atoms with E-state index in [0.29, 0.717) is 43.3 Å². The molecule has 35 heavy (non-hydrogen) atoms. The van der Waals surface area contributed by atoms with Crippen molar-refractivity contribution in [3.05, 3.63) is 77.9 Å². The third-order valence-electron chi connectivity index (χ3n) is 7.86. The summed E-state index contributed by atoms with van der Waals surface area (Å²) in [5.41, 5.74) is 1.04. The van der Waals surface area contributed by atoms with Gasteiger partial charge in [-0.05, 0) is 43.0 Å². The van der Waals surface area contributed by atoms with Crippen LogP contribution >= 0.6 is 0 Å². The fraction of sp³-hybridized carbons (Fsp3) is 0.440. The van der Waals surface area contributed by atoms with Crippen molar-refractivity contribution < 1.29 is 17.2 Å². The van der Waals surface area contributed by atoms with Gasteiger partial charge in [0.25, 0.3) is 0 Å². The van der Waals surface area contributed by atoms with E-state index in [1.807, 2.05) is 41.8 Å². The molecule has 1 saturated carbocycles. The number of fused-ring (bicyclic) bond motifs is 1. The van der Waals surface area contributed by atoms with Gasteiger partial charge in [0.05, 0.1) is 0 Å². The van der Waals surface area contributed by atoms with Crippen molar-refractivity contribution in [1.82, 2.24) is 19.1 Å². The molecule has 0 radical (unpaired) electrons. The summed E-state index contributed by atoms with van der Waals surface area (Å²) < 4.78 is 60.7. The molecule has 0 spiro atoms. The highest BCUT2D eigenvalue weighted by Gasteiger charge is 2.57. The number of rotatable bonds is 5. The topological polar surface area (TPSA) is 71.3 Å². The van der Waals surface area contributed by atoms with Gasteiger partial charge in [0, 0.05) is 43.6 Å². The first-order chi connectivity index (χ1) is 16.8. The summed E-state index contributed by atoms with van der Waals surface area (Å²) in [6, 6.07) is 11.8. The van der Waals surface area contributed by atoms with Crippen LogP contribution in [0.1, 0.15) is 42.2 Å². The van der Waals surface area contributed by atoms with Gasteiger partial charge in [0.1, 0.15) is 35.2 Å². The van der Waals surface area contributed by atoms with E-state index >= 15 is 8.78 Å². The van der Waals surface area contributed by atoms with Crippen molar-refractivity contribution >= 4 is 15.7 Å². The van der Waals surface area contributed by atoms with Gasteiger partial charge < -0.3 is 9.47 Å². The van der Waals surface area contributed by atoms with Gasteiger partial charge >= 0.3 is 0 Å². The smallest absolute Gasteiger partial charge is 0.221 e. The van der Waals surface area contributed by atoms with Crippen LogP contribution in [-0.2, 0) is 16.6 Å². The zero-order valence-electron chi connectivity index (χ0n) is 19.3. The summed E-state index contributed by atoms with van der Waals surface area (Å²) in [4.78, 5) is 1.76. The third kappa shape index (κ3) is 3.83. The molecule has 0 N–H and O–H groups in total. The Labute approximate surface area is 203 Å². The molecular formula is C25H27F2N5O2S. The Bertz CT molecular complexity index is 1300. The predicted molar refractivity (Wildman–Crippen MR) is 127 cm³/mol. The van der Waals surface area contributed by atoms with E-state index in [0.717, 1.165) is 5.56 Å². The largest absolute Gasteiger partial charge is 0.366 e. The van der Waals surface area contributed by atoms with Gasteiger partial charge in [-0.1, -0.05) is 30.3 Å². The zero-order valence-corrected chi connectivity index (χ0v) is 20.2. The maximum atomic E-state index is 15.2.